The molecule has 1 fully saturated rings. The minimum Gasteiger partial charge on any atom is -0.315 e. The highest BCUT2D eigenvalue weighted by Crippen LogP contribution is 2.07. The van der Waals surface area contributed by atoms with Crippen molar-refractivity contribution in [3.63, 3.8) is 0 Å². The van der Waals surface area contributed by atoms with Gasteiger partial charge < -0.3 is 10.6 Å². The average molecular weight is 197 g/mol. The van der Waals surface area contributed by atoms with Gasteiger partial charge in [-0.2, -0.15) is 0 Å². The lowest BCUT2D eigenvalue weighted by Gasteiger charge is -2.23. The Labute approximate surface area is 82.6 Å². The predicted molar refractivity (Wildman–Crippen MR) is 54.8 cm³/mol. The molecule has 72 valence electrons. The van der Waals surface area contributed by atoms with Gasteiger partial charge in [0.1, 0.15) is 0 Å². The molecule has 1 aliphatic rings. The van der Waals surface area contributed by atoms with Crippen molar-refractivity contribution in [2.45, 2.75) is 25.4 Å². The van der Waals surface area contributed by atoms with E-state index >= 15 is 0 Å². The van der Waals surface area contributed by atoms with Crippen LogP contribution in [0.1, 0.15) is 17.7 Å². The summed E-state index contributed by atoms with van der Waals surface area (Å²) in [6.45, 7) is 3.26. The summed E-state index contributed by atoms with van der Waals surface area (Å²) in [5, 5.41) is 6.92. The molecule has 0 saturated carbocycles. The number of nitrogens with one attached hydrogen (secondary N) is 2. The van der Waals surface area contributed by atoms with Crippen molar-refractivity contribution in [1.29, 1.82) is 0 Å². The van der Waals surface area contributed by atoms with Gasteiger partial charge in [0.15, 0.2) is 0 Å². The van der Waals surface area contributed by atoms with Crippen LogP contribution in [0.15, 0.2) is 11.7 Å². The number of thiazole rings is 1. The number of aromatic nitrogens is 1. The number of hydrogen-bond acceptors (Lipinski definition) is 4. The van der Waals surface area contributed by atoms with Gasteiger partial charge in [-0.3, -0.25) is 4.98 Å². The van der Waals surface area contributed by atoms with E-state index in [-0.39, 0.29) is 0 Å². The second-order valence-electron chi connectivity index (χ2n) is 3.39. The molecule has 1 aromatic heterocycles. The minimum atomic E-state index is 0.649. The Morgan fingerprint density at radius 2 is 2.69 bits per heavy atom. The summed E-state index contributed by atoms with van der Waals surface area (Å²) in [6.07, 6.45) is 4.53. The molecule has 0 bridgehead atoms. The first-order valence-corrected chi connectivity index (χ1v) is 5.64. The monoisotopic (exact) mass is 197 g/mol. The molecule has 1 saturated heterocycles. The summed E-state index contributed by atoms with van der Waals surface area (Å²) in [4.78, 5) is 5.37. The Morgan fingerprint density at radius 3 is 3.38 bits per heavy atom. The van der Waals surface area contributed by atoms with Gasteiger partial charge in [0.05, 0.1) is 5.51 Å². The molecule has 2 heterocycles. The highest BCUT2D eigenvalue weighted by molar-refractivity contribution is 7.09. The first kappa shape index (κ1) is 9.12. The van der Waals surface area contributed by atoms with E-state index in [9.17, 15) is 0 Å². The van der Waals surface area contributed by atoms with Crippen molar-refractivity contribution < 1.29 is 0 Å². The molecule has 0 amide bonds. The van der Waals surface area contributed by atoms with Crippen LogP contribution in [0.25, 0.3) is 0 Å². The third kappa shape index (κ3) is 2.76. The van der Waals surface area contributed by atoms with Crippen LogP contribution in [0.4, 0.5) is 0 Å². The first-order chi connectivity index (χ1) is 6.45. The van der Waals surface area contributed by atoms with Crippen molar-refractivity contribution in [2.75, 3.05) is 13.1 Å². The molecule has 0 radical (unpaired) electrons. The average Bonchev–Trinajstić information content (AvgIpc) is 2.69. The standard InChI is InChI=1S/C9H15N3S/c1-2-8(4-10-3-1)12-6-9-5-11-7-13-9/h5,7-8,10,12H,1-4,6H2/t8-/m0/s1. The zero-order valence-corrected chi connectivity index (χ0v) is 8.44. The summed E-state index contributed by atoms with van der Waals surface area (Å²) < 4.78 is 0. The van der Waals surface area contributed by atoms with E-state index in [0.29, 0.717) is 6.04 Å². The van der Waals surface area contributed by atoms with Crippen LogP contribution < -0.4 is 10.6 Å². The molecule has 2 N–H and O–H groups in total. The zero-order valence-electron chi connectivity index (χ0n) is 7.62. The van der Waals surface area contributed by atoms with Crippen LogP contribution in [-0.2, 0) is 6.54 Å². The van der Waals surface area contributed by atoms with Crippen LogP contribution >= 0.6 is 11.3 Å². The van der Waals surface area contributed by atoms with Gasteiger partial charge >= 0.3 is 0 Å². The highest BCUT2D eigenvalue weighted by atomic mass is 32.1. The lowest BCUT2D eigenvalue weighted by atomic mass is 10.1. The Morgan fingerprint density at radius 1 is 1.69 bits per heavy atom. The molecule has 1 aromatic rings. The topological polar surface area (TPSA) is 37.0 Å². The lowest BCUT2D eigenvalue weighted by Crippen LogP contribution is -2.42. The maximum atomic E-state index is 4.05. The SMILES string of the molecule is c1ncc(CN[C@H]2CCCNC2)s1. The van der Waals surface area contributed by atoms with Gasteiger partial charge in [0.2, 0.25) is 0 Å². The van der Waals surface area contributed by atoms with Crippen molar-refractivity contribution in [2.24, 2.45) is 0 Å². The van der Waals surface area contributed by atoms with E-state index < -0.39 is 0 Å². The van der Waals surface area contributed by atoms with E-state index in [1.807, 2.05) is 11.7 Å². The van der Waals surface area contributed by atoms with E-state index in [1.54, 1.807) is 11.3 Å². The fourth-order valence-electron chi connectivity index (χ4n) is 1.60. The molecule has 0 aromatic carbocycles. The second kappa shape index (κ2) is 4.69. The van der Waals surface area contributed by atoms with Crippen molar-refractivity contribution in [3.05, 3.63) is 16.6 Å². The van der Waals surface area contributed by atoms with Crippen LogP contribution in [0.5, 0.6) is 0 Å². The summed E-state index contributed by atoms with van der Waals surface area (Å²) in [5.41, 5.74) is 1.89. The number of piperidine rings is 1. The third-order valence-electron chi connectivity index (χ3n) is 2.35. The van der Waals surface area contributed by atoms with Crippen LogP contribution in [-0.4, -0.2) is 24.1 Å². The Bertz CT molecular complexity index is 229. The zero-order chi connectivity index (χ0) is 8.93. The summed E-state index contributed by atoms with van der Waals surface area (Å²) in [7, 11) is 0. The smallest absolute Gasteiger partial charge is 0.0794 e. The minimum absolute atomic E-state index is 0.649. The fourth-order valence-corrected chi connectivity index (χ4v) is 2.15. The quantitative estimate of drug-likeness (QED) is 0.758. The molecule has 0 spiro atoms. The largest absolute Gasteiger partial charge is 0.315 e. The number of rotatable bonds is 3. The molecule has 2 rings (SSSR count). The van der Waals surface area contributed by atoms with E-state index in [2.05, 4.69) is 15.6 Å². The predicted octanol–water partition coefficient (Wildman–Crippen LogP) is 0.985. The summed E-state index contributed by atoms with van der Waals surface area (Å²) in [6, 6.07) is 0.649. The molecular formula is C9H15N3S. The van der Waals surface area contributed by atoms with Crippen molar-refractivity contribution >= 4 is 11.3 Å². The number of nitrogens with zero attached hydrogens (tertiary/aromatic N) is 1. The van der Waals surface area contributed by atoms with Crippen LogP contribution in [0.3, 0.4) is 0 Å². The Kier molecular flexibility index (Phi) is 3.29. The Hall–Kier alpha value is -0.450. The molecule has 1 aliphatic heterocycles. The van der Waals surface area contributed by atoms with Gasteiger partial charge in [0, 0.05) is 30.2 Å². The number of hydrogen-bond donors (Lipinski definition) is 2. The third-order valence-corrected chi connectivity index (χ3v) is 3.12. The van der Waals surface area contributed by atoms with E-state index in [1.165, 1.54) is 24.3 Å². The first-order valence-electron chi connectivity index (χ1n) is 4.76. The Balaban J connectivity index is 1.72. The molecule has 13 heavy (non-hydrogen) atoms. The maximum absolute atomic E-state index is 4.05. The van der Waals surface area contributed by atoms with Gasteiger partial charge in [-0.15, -0.1) is 11.3 Å². The normalized spacial score (nSPS) is 23.2. The van der Waals surface area contributed by atoms with Gasteiger partial charge in [0.25, 0.3) is 0 Å². The van der Waals surface area contributed by atoms with E-state index in [4.69, 9.17) is 0 Å². The summed E-state index contributed by atoms with van der Waals surface area (Å²) >= 11 is 1.72. The molecule has 0 unspecified atom stereocenters. The lowest BCUT2D eigenvalue weighted by molar-refractivity contribution is 0.390. The van der Waals surface area contributed by atoms with Gasteiger partial charge in [-0.1, -0.05) is 0 Å². The molecule has 0 aliphatic carbocycles. The molecule has 1 atom stereocenters. The van der Waals surface area contributed by atoms with Crippen molar-refractivity contribution in [1.82, 2.24) is 15.6 Å². The second-order valence-corrected chi connectivity index (χ2v) is 4.36. The van der Waals surface area contributed by atoms with Crippen molar-refractivity contribution in [3.8, 4) is 0 Å². The molecular weight excluding hydrogens is 182 g/mol. The van der Waals surface area contributed by atoms with Gasteiger partial charge in [-0.05, 0) is 19.4 Å². The summed E-state index contributed by atoms with van der Waals surface area (Å²) in [5.74, 6) is 0. The molecule has 4 heteroatoms. The fraction of sp³-hybridized carbons (Fsp3) is 0.667. The van der Waals surface area contributed by atoms with E-state index in [0.717, 1.165) is 13.1 Å². The van der Waals surface area contributed by atoms with Crippen LogP contribution in [0.2, 0.25) is 0 Å². The van der Waals surface area contributed by atoms with Gasteiger partial charge in [-0.25, -0.2) is 0 Å². The molecule has 3 nitrogen and oxygen atoms in total. The van der Waals surface area contributed by atoms with Crippen LogP contribution in [0, 0.1) is 0 Å². The highest BCUT2D eigenvalue weighted by Gasteiger charge is 2.11. The maximum Gasteiger partial charge on any atom is 0.0794 e.